The van der Waals surface area contributed by atoms with E-state index in [1.807, 2.05) is 19.2 Å². The van der Waals surface area contributed by atoms with Gasteiger partial charge < -0.3 is 10.6 Å². The molecule has 0 radical (unpaired) electrons. The zero-order valence-corrected chi connectivity index (χ0v) is 12.0. The van der Waals surface area contributed by atoms with Crippen LogP contribution in [0.5, 0.6) is 0 Å². The smallest absolute Gasteiger partial charge is 0.253 e. The maximum Gasteiger partial charge on any atom is 0.253 e. The van der Waals surface area contributed by atoms with Crippen molar-refractivity contribution in [1.29, 1.82) is 0 Å². The van der Waals surface area contributed by atoms with Crippen LogP contribution in [0.1, 0.15) is 49.9 Å². The van der Waals surface area contributed by atoms with Gasteiger partial charge in [0.25, 0.3) is 5.91 Å². The van der Waals surface area contributed by atoms with Crippen molar-refractivity contribution < 1.29 is 4.79 Å². The fourth-order valence-electron chi connectivity index (χ4n) is 2.77. The van der Waals surface area contributed by atoms with Crippen molar-refractivity contribution in [3.63, 3.8) is 0 Å². The number of nitrogens with one attached hydrogen (secondary N) is 2. The average molecular weight is 261 g/mol. The van der Waals surface area contributed by atoms with Crippen LogP contribution in [0, 0.1) is 5.41 Å². The molecule has 19 heavy (non-hydrogen) atoms. The molecule has 0 spiro atoms. The van der Waals surface area contributed by atoms with Crippen LogP contribution in [-0.2, 0) is 0 Å². The monoisotopic (exact) mass is 261 g/mol. The highest BCUT2D eigenvalue weighted by Gasteiger charge is 2.28. The molecule has 1 amide bonds. The second-order valence-electron chi connectivity index (χ2n) is 6.11. The van der Waals surface area contributed by atoms with Crippen LogP contribution in [-0.4, -0.2) is 24.0 Å². The Kier molecular flexibility index (Phi) is 4.08. The summed E-state index contributed by atoms with van der Waals surface area (Å²) in [6.07, 6.45) is 6.19. The minimum Gasteiger partial charge on any atom is -0.373 e. The summed E-state index contributed by atoms with van der Waals surface area (Å²) in [6.45, 7) is 4.54. The Morgan fingerprint density at radius 2 is 2.21 bits per heavy atom. The van der Waals surface area contributed by atoms with E-state index in [4.69, 9.17) is 0 Å². The molecule has 2 rings (SSSR count). The maximum atomic E-state index is 12.2. The van der Waals surface area contributed by atoms with Crippen LogP contribution >= 0.6 is 0 Å². The molecular formula is C15H23N3O. The number of amides is 1. The summed E-state index contributed by atoms with van der Waals surface area (Å²) in [7, 11) is 1.81. The van der Waals surface area contributed by atoms with Crippen molar-refractivity contribution in [2.24, 2.45) is 5.41 Å². The molecule has 1 heterocycles. The first kappa shape index (κ1) is 13.8. The molecule has 2 N–H and O–H groups in total. The number of rotatable bonds is 3. The predicted octanol–water partition coefficient (Wildman–Crippen LogP) is 2.82. The van der Waals surface area contributed by atoms with Gasteiger partial charge in [0.2, 0.25) is 0 Å². The number of pyridine rings is 1. The molecule has 1 fully saturated rings. The normalized spacial score (nSPS) is 21.7. The van der Waals surface area contributed by atoms with Gasteiger partial charge in [-0.3, -0.25) is 4.79 Å². The lowest BCUT2D eigenvalue weighted by atomic mass is 9.75. The highest BCUT2D eigenvalue weighted by Crippen LogP contribution is 2.35. The number of carbonyl (C=O) groups excluding carboxylic acids is 1. The second kappa shape index (κ2) is 5.59. The molecular weight excluding hydrogens is 238 g/mol. The summed E-state index contributed by atoms with van der Waals surface area (Å²) in [5, 5.41) is 6.07. The van der Waals surface area contributed by atoms with Crippen molar-refractivity contribution in [1.82, 2.24) is 10.3 Å². The van der Waals surface area contributed by atoms with E-state index in [2.05, 4.69) is 29.5 Å². The van der Waals surface area contributed by atoms with E-state index in [0.717, 1.165) is 18.7 Å². The van der Waals surface area contributed by atoms with Crippen molar-refractivity contribution in [2.45, 2.75) is 45.6 Å². The van der Waals surface area contributed by atoms with Crippen LogP contribution in [0.15, 0.2) is 18.3 Å². The van der Waals surface area contributed by atoms with E-state index in [1.165, 1.54) is 12.8 Å². The van der Waals surface area contributed by atoms with Crippen molar-refractivity contribution in [2.75, 3.05) is 12.4 Å². The summed E-state index contributed by atoms with van der Waals surface area (Å²) in [6, 6.07) is 3.92. The molecule has 1 unspecified atom stereocenters. The molecule has 104 valence electrons. The Morgan fingerprint density at radius 3 is 2.79 bits per heavy atom. The van der Waals surface area contributed by atoms with Gasteiger partial charge in [-0.25, -0.2) is 4.98 Å². The van der Waals surface area contributed by atoms with Gasteiger partial charge in [-0.1, -0.05) is 20.3 Å². The zero-order chi connectivity index (χ0) is 13.9. The van der Waals surface area contributed by atoms with E-state index in [1.54, 1.807) is 6.20 Å². The van der Waals surface area contributed by atoms with Crippen LogP contribution in [0.25, 0.3) is 0 Å². The highest BCUT2D eigenvalue weighted by molar-refractivity contribution is 5.94. The molecule has 1 aliphatic carbocycles. The number of carbonyl (C=O) groups is 1. The fraction of sp³-hybridized carbons (Fsp3) is 0.600. The van der Waals surface area contributed by atoms with Gasteiger partial charge >= 0.3 is 0 Å². The van der Waals surface area contributed by atoms with E-state index in [9.17, 15) is 4.79 Å². The minimum atomic E-state index is -0.0159. The lowest BCUT2D eigenvalue weighted by molar-refractivity contribution is 0.0902. The van der Waals surface area contributed by atoms with Crippen molar-refractivity contribution >= 4 is 11.7 Å². The first-order valence-electron chi connectivity index (χ1n) is 6.95. The van der Waals surface area contributed by atoms with Crippen molar-refractivity contribution in [3.05, 3.63) is 23.9 Å². The highest BCUT2D eigenvalue weighted by atomic mass is 16.1. The van der Waals surface area contributed by atoms with E-state index >= 15 is 0 Å². The molecule has 0 aliphatic heterocycles. The van der Waals surface area contributed by atoms with Gasteiger partial charge in [0.15, 0.2) is 0 Å². The molecule has 1 atom stereocenters. The maximum absolute atomic E-state index is 12.2. The number of hydrogen-bond acceptors (Lipinski definition) is 3. The average Bonchev–Trinajstić information content (AvgIpc) is 2.37. The molecule has 0 saturated heterocycles. The van der Waals surface area contributed by atoms with Crippen LogP contribution < -0.4 is 10.6 Å². The Labute approximate surface area is 115 Å². The molecule has 4 nitrogen and oxygen atoms in total. The SMILES string of the molecule is CNc1ccc(C(=O)NC2CCCC(C)(C)C2)cn1. The van der Waals surface area contributed by atoms with Gasteiger partial charge in [0, 0.05) is 19.3 Å². The Morgan fingerprint density at radius 1 is 1.42 bits per heavy atom. The van der Waals surface area contributed by atoms with E-state index < -0.39 is 0 Å². The Hall–Kier alpha value is -1.58. The summed E-state index contributed by atoms with van der Waals surface area (Å²) < 4.78 is 0. The molecule has 1 aromatic rings. The molecule has 0 bridgehead atoms. The van der Waals surface area contributed by atoms with Crippen LogP contribution in [0.3, 0.4) is 0 Å². The summed E-state index contributed by atoms with van der Waals surface area (Å²) >= 11 is 0. The summed E-state index contributed by atoms with van der Waals surface area (Å²) in [5.41, 5.74) is 0.965. The third-order valence-corrected chi connectivity index (χ3v) is 3.82. The summed E-state index contributed by atoms with van der Waals surface area (Å²) in [5.74, 6) is 0.758. The lowest BCUT2D eigenvalue weighted by Gasteiger charge is -2.35. The molecule has 1 aromatic heterocycles. The number of hydrogen-bond donors (Lipinski definition) is 2. The predicted molar refractivity (Wildman–Crippen MR) is 77.3 cm³/mol. The van der Waals surface area contributed by atoms with Gasteiger partial charge in [-0.2, -0.15) is 0 Å². The first-order valence-corrected chi connectivity index (χ1v) is 6.95. The number of anilines is 1. The topological polar surface area (TPSA) is 54.0 Å². The quantitative estimate of drug-likeness (QED) is 0.879. The Bertz CT molecular complexity index is 439. The Balaban J connectivity index is 1.96. The first-order chi connectivity index (χ1) is 9.00. The minimum absolute atomic E-state index is 0.0159. The molecule has 0 aromatic carbocycles. The van der Waals surface area contributed by atoms with Gasteiger partial charge in [0.1, 0.15) is 5.82 Å². The largest absolute Gasteiger partial charge is 0.373 e. The van der Waals surface area contributed by atoms with Crippen molar-refractivity contribution in [3.8, 4) is 0 Å². The summed E-state index contributed by atoms with van der Waals surface area (Å²) in [4.78, 5) is 16.3. The van der Waals surface area contributed by atoms with Crippen LogP contribution in [0.4, 0.5) is 5.82 Å². The van der Waals surface area contributed by atoms with Gasteiger partial charge in [-0.05, 0) is 36.8 Å². The lowest BCUT2D eigenvalue weighted by Crippen LogP contribution is -2.40. The van der Waals surface area contributed by atoms with Gasteiger partial charge in [0.05, 0.1) is 5.56 Å². The molecule has 1 saturated carbocycles. The fourth-order valence-corrected chi connectivity index (χ4v) is 2.77. The standard InChI is InChI=1S/C15H23N3O/c1-15(2)8-4-5-12(9-15)18-14(19)11-6-7-13(16-3)17-10-11/h6-7,10,12H,4-5,8-9H2,1-3H3,(H,16,17)(H,18,19). The number of aromatic nitrogens is 1. The van der Waals surface area contributed by atoms with E-state index in [-0.39, 0.29) is 5.91 Å². The number of nitrogens with zero attached hydrogens (tertiary/aromatic N) is 1. The van der Waals surface area contributed by atoms with Gasteiger partial charge in [-0.15, -0.1) is 0 Å². The molecule has 4 heteroatoms. The third kappa shape index (κ3) is 3.69. The molecule has 1 aliphatic rings. The van der Waals surface area contributed by atoms with E-state index in [0.29, 0.717) is 17.0 Å². The second-order valence-corrected chi connectivity index (χ2v) is 6.11. The third-order valence-electron chi connectivity index (χ3n) is 3.82. The van der Waals surface area contributed by atoms with Crippen LogP contribution in [0.2, 0.25) is 0 Å². The zero-order valence-electron chi connectivity index (χ0n) is 12.0.